The molecule has 1 aliphatic rings. The zero-order valence-electron chi connectivity index (χ0n) is 20.9. The third kappa shape index (κ3) is 4.65. The first kappa shape index (κ1) is 23.1. The largest absolute Gasteiger partial charge is 0.435 e. The molecule has 5 heterocycles. The van der Waals surface area contributed by atoms with Crippen LogP contribution in [0.5, 0.6) is 0 Å². The van der Waals surface area contributed by atoms with Crippen LogP contribution in [0.2, 0.25) is 0 Å². The van der Waals surface area contributed by atoms with Crippen LogP contribution in [0, 0.1) is 5.41 Å². The Morgan fingerprint density at radius 3 is 2.60 bits per heavy atom. The number of aryl methyl sites for hydroxylation is 1. The SMILES string of the molecule is Cn1cc(-c2cn3nccc3c(N3CCC(C)(CNC(=O)c4cnc(C(C)(C)C)o4)CC3)n2)cn1. The van der Waals surface area contributed by atoms with Crippen LogP contribution in [0.4, 0.5) is 5.82 Å². The van der Waals surface area contributed by atoms with Gasteiger partial charge in [0.1, 0.15) is 5.52 Å². The highest BCUT2D eigenvalue weighted by Crippen LogP contribution is 2.34. The van der Waals surface area contributed by atoms with E-state index < -0.39 is 0 Å². The number of aromatic nitrogens is 6. The van der Waals surface area contributed by atoms with E-state index >= 15 is 0 Å². The minimum atomic E-state index is -0.235. The van der Waals surface area contributed by atoms with Crippen molar-refractivity contribution in [1.82, 2.24) is 34.7 Å². The molecule has 0 atom stereocenters. The molecule has 0 unspecified atom stereocenters. The first-order chi connectivity index (χ1) is 16.6. The Hall–Kier alpha value is -3.69. The zero-order valence-corrected chi connectivity index (χ0v) is 20.9. The number of hydrogen-bond acceptors (Lipinski definition) is 7. The van der Waals surface area contributed by atoms with Crippen LogP contribution in [-0.2, 0) is 12.5 Å². The molecule has 1 N–H and O–H groups in total. The van der Waals surface area contributed by atoms with Gasteiger partial charge in [-0.25, -0.2) is 14.5 Å². The molecule has 1 aliphatic heterocycles. The van der Waals surface area contributed by atoms with E-state index in [1.165, 1.54) is 6.20 Å². The van der Waals surface area contributed by atoms with Crippen molar-refractivity contribution in [3.05, 3.63) is 48.7 Å². The normalized spacial score (nSPS) is 16.1. The van der Waals surface area contributed by atoms with E-state index in [2.05, 4.69) is 32.3 Å². The van der Waals surface area contributed by atoms with Crippen LogP contribution in [0.1, 0.15) is 57.0 Å². The lowest BCUT2D eigenvalue weighted by molar-refractivity contribution is 0.0893. The summed E-state index contributed by atoms with van der Waals surface area (Å²) in [5.74, 6) is 1.53. The second kappa shape index (κ2) is 8.51. The minimum Gasteiger partial charge on any atom is -0.435 e. The quantitative estimate of drug-likeness (QED) is 0.470. The van der Waals surface area contributed by atoms with Gasteiger partial charge in [0.15, 0.2) is 5.82 Å². The lowest BCUT2D eigenvalue weighted by Gasteiger charge is -2.40. The Labute approximate surface area is 204 Å². The number of nitrogens with zero attached hydrogens (tertiary/aromatic N) is 7. The number of fused-ring (bicyclic) bond motifs is 1. The van der Waals surface area contributed by atoms with Gasteiger partial charge in [-0.05, 0) is 24.3 Å². The second-order valence-electron chi connectivity index (χ2n) is 10.8. The summed E-state index contributed by atoms with van der Waals surface area (Å²) >= 11 is 0. The Balaban J connectivity index is 1.26. The van der Waals surface area contributed by atoms with Crippen molar-refractivity contribution in [2.45, 2.75) is 46.0 Å². The first-order valence-electron chi connectivity index (χ1n) is 11.9. The summed E-state index contributed by atoms with van der Waals surface area (Å²) in [6, 6.07) is 1.99. The average molecular weight is 477 g/mol. The number of amides is 1. The highest BCUT2D eigenvalue weighted by molar-refractivity contribution is 5.91. The molecule has 5 rings (SSSR count). The Kier molecular flexibility index (Phi) is 5.61. The van der Waals surface area contributed by atoms with Crippen LogP contribution >= 0.6 is 0 Å². The van der Waals surface area contributed by atoms with Crippen LogP contribution in [-0.4, -0.2) is 54.9 Å². The monoisotopic (exact) mass is 476 g/mol. The van der Waals surface area contributed by atoms with Crippen molar-refractivity contribution < 1.29 is 9.21 Å². The maximum atomic E-state index is 12.7. The molecule has 0 radical (unpaired) electrons. The van der Waals surface area contributed by atoms with E-state index in [1.807, 2.05) is 57.0 Å². The van der Waals surface area contributed by atoms with E-state index in [0.717, 1.165) is 48.5 Å². The van der Waals surface area contributed by atoms with Gasteiger partial charge in [-0.1, -0.05) is 27.7 Å². The summed E-state index contributed by atoms with van der Waals surface area (Å²) in [6.07, 6.45) is 10.9. The number of carbonyl (C=O) groups is 1. The maximum Gasteiger partial charge on any atom is 0.288 e. The molecular formula is C25H32N8O2. The minimum absolute atomic E-state index is 0.0173. The van der Waals surface area contributed by atoms with Gasteiger partial charge in [0.2, 0.25) is 11.7 Å². The molecule has 1 amide bonds. The molecule has 10 nitrogen and oxygen atoms in total. The fourth-order valence-electron chi connectivity index (χ4n) is 4.38. The van der Waals surface area contributed by atoms with Crippen LogP contribution < -0.4 is 10.2 Å². The number of rotatable bonds is 5. The fraction of sp³-hybridized carbons (Fsp3) is 0.480. The highest BCUT2D eigenvalue weighted by atomic mass is 16.4. The molecule has 10 heteroatoms. The summed E-state index contributed by atoms with van der Waals surface area (Å²) in [4.78, 5) is 24.2. The van der Waals surface area contributed by atoms with Gasteiger partial charge in [0.25, 0.3) is 5.91 Å². The topological polar surface area (TPSA) is 106 Å². The molecule has 0 bridgehead atoms. The smallest absolute Gasteiger partial charge is 0.288 e. The van der Waals surface area contributed by atoms with E-state index in [1.54, 1.807) is 10.9 Å². The molecule has 4 aromatic rings. The number of oxazole rings is 1. The predicted molar refractivity (Wildman–Crippen MR) is 132 cm³/mol. The third-order valence-electron chi connectivity index (χ3n) is 6.69. The Morgan fingerprint density at radius 1 is 1.17 bits per heavy atom. The van der Waals surface area contributed by atoms with Crippen LogP contribution in [0.3, 0.4) is 0 Å². The average Bonchev–Trinajstić information content (AvgIpc) is 3.57. The molecule has 184 valence electrons. The van der Waals surface area contributed by atoms with Crippen molar-refractivity contribution in [1.29, 1.82) is 0 Å². The zero-order chi connectivity index (χ0) is 24.8. The van der Waals surface area contributed by atoms with Gasteiger partial charge in [-0.3, -0.25) is 9.48 Å². The van der Waals surface area contributed by atoms with Crippen molar-refractivity contribution in [3.8, 4) is 11.3 Å². The van der Waals surface area contributed by atoms with Gasteiger partial charge >= 0.3 is 0 Å². The molecule has 1 saturated heterocycles. The van der Waals surface area contributed by atoms with Gasteiger partial charge in [-0.2, -0.15) is 10.2 Å². The number of anilines is 1. The Bertz CT molecular complexity index is 1350. The molecule has 0 saturated carbocycles. The molecule has 1 fully saturated rings. The highest BCUT2D eigenvalue weighted by Gasteiger charge is 2.32. The van der Waals surface area contributed by atoms with Gasteiger partial charge < -0.3 is 14.6 Å². The second-order valence-corrected chi connectivity index (χ2v) is 10.8. The predicted octanol–water partition coefficient (Wildman–Crippen LogP) is 3.45. The van der Waals surface area contributed by atoms with Crippen molar-refractivity contribution >= 4 is 17.2 Å². The first-order valence-corrected chi connectivity index (χ1v) is 11.9. The van der Waals surface area contributed by atoms with Crippen molar-refractivity contribution in [2.75, 3.05) is 24.5 Å². The number of piperidine rings is 1. The molecule has 0 spiro atoms. The molecule has 0 aliphatic carbocycles. The van der Waals surface area contributed by atoms with Crippen LogP contribution in [0.15, 0.2) is 41.5 Å². The molecule has 0 aromatic carbocycles. The number of hydrogen-bond donors (Lipinski definition) is 1. The van der Waals surface area contributed by atoms with Crippen LogP contribution in [0.25, 0.3) is 16.8 Å². The summed E-state index contributed by atoms with van der Waals surface area (Å²) < 4.78 is 9.33. The summed E-state index contributed by atoms with van der Waals surface area (Å²) in [7, 11) is 1.90. The van der Waals surface area contributed by atoms with E-state index in [4.69, 9.17) is 9.40 Å². The van der Waals surface area contributed by atoms with Crippen molar-refractivity contribution in [3.63, 3.8) is 0 Å². The standard InChI is InChI=1S/C25H32N8O2/c1-24(2,3)23-26-13-20(35-23)22(34)27-16-25(4)7-10-32(11-8-25)21-19-6-9-28-33(19)15-18(30-21)17-12-29-31(5)14-17/h6,9,12-15H,7-8,10-11,16H2,1-5H3,(H,27,34). The summed E-state index contributed by atoms with van der Waals surface area (Å²) in [6.45, 7) is 10.5. The van der Waals surface area contributed by atoms with Gasteiger partial charge in [-0.15, -0.1) is 0 Å². The fourth-order valence-corrected chi connectivity index (χ4v) is 4.38. The maximum absolute atomic E-state index is 12.7. The Morgan fingerprint density at radius 2 is 1.94 bits per heavy atom. The number of carbonyl (C=O) groups excluding carboxylic acids is 1. The van der Waals surface area contributed by atoms with Gasteiger partial charge in [0.05, 0.1) is 30.5 Å². The molecule has 4 aromatic heterocycles. The summed E-state index contributed by atoms with van der Waals surface area (Å²) in [5.41, 5.74) is 2.52. The van der Waals surface area contributed by atoms with Crippen molar-refractivity contribution in [2.24, 2.45) is 12.5 Å². The molecular weight excluding hydrogens is 444 g/mol. The lowest BCUT2D eigenvalue weighted by atomic mass is 9.80. The van der Waals surface area contributed by atoms with Gasteiger partial charge in [0, 0.05) is 43.9 Å². The third-order valence-corrected chi connectivity index (χ3v) is 6.69. The lowest BCUT2D eigenvalue weighted by Crippen LogP contribution is -2.45. The molecule has 35 heavy (non-hydrogen) atoms. The van der Waals surface area contributed by atoms with E-state index in [9.17, 15) is 4.79 Å². The van der Waals surface area contributed by atoms with E-state index in [-0.39, 0.29) is 22.5 Å². The van der Waals surface area contributed by atoms with E-state index in [0.29, 0.717) is 12.4 Å². The number of nitrogens with one attached hydrogen (secondary N) is 1. The summed E-state index contributed by atoms with van der Waals surface area (Å²) in [5, 5.41) is 11.8.